The second-order valence-corrected chi connectivity index (χ2v) is 8.22. The summed E-state index contributed by atoms with van der Waals surface area (Å²) in [5, 5.41) is 6.08. The fraction of sp³-hybridized carbons (Fsp3) is 0.269. The van der Waals surface area contributed by atoms with Gasteiger partial charge < -0.3 is 10.6 Å². The van der Waals surface area contributed by atoms with E-state index in [4.69, 9.17) is 0 Å². The summed E-state index contributed by atoms with van der Waals surface area (Å²) in [7, 11) is 0. The number of amides is 2. The van der Waals surface area contributed by atoms with Gasteiger partial charge in [0.15, 0.2) is 0 Å². The Morgan fingerprint density at radius 1 is 0.903 bits per heavy atom. The number of pyridine rings is 1. The van der Waals surface area contributed by atoms with Crippen molar-refractivity contribution in [1.82, 2.24) is 10.3 Å². The number of nitrogens with zero attached hydrogens (tertiary/aromatic N) is 1. The summed E-state index contributed by atoms with van der Waals surface area (Å²) in [5.41, 5.74) is 3.61. The molecular weight excluding hydrogens is 386 g/mol. The topological polar surface area (TPSA) is 71.1 Å². The average Bonchev–Trinajstić information content (AvgIpc) is 3.30. The molecule has 0 aliphatic heterocycles. The summed E-state index contributed by atoms with van der Waals surface area (Å²) in [6, 6.07) is 19.2. The minimum absolute atomic E-state index is 0.0266. The maximum atomic E-state index is 13.2. The number of nitrogens with one attached hydrogen (secondary N) is 2. The molecule has 1 fully saturated rings. The Balaban J connectivity index is 1.54. The van der Waals surface area contributed by atoms with Gasteiger partial charge in [0.25, 0.3) is 11.8 Å². The minimum atomic E-state index is -0.262. The zero-order valence-corrected chi connectivity index (χ0v) is 17.7. The molecule has 0 spiro atoms. The predicted octanol–water partition coefficient (Wildman–Crippen LogP) is 4.88. The quantitative estimate of drug-likeness (QED) is 0.605. The van der Waals surface area contributed by atoms with E-state index in [1.165, 1.54) is 18.4 Å². The van der Waals surface area contributed by atoms with Crippen molar-refractivity contribution in [2.75, 3.05) is 11.9 Å². The maximum absolute atomic E-state index is 13.2. The molecule has 0 atom stereocenters. The smallest absolute Gasteiger partial charge is 0.255 e. The molecule has 1 aromatic heterocycles. The van der Waals surface area contributed by atoms with E-state index in [0.717, 1.165) is 18.4 Å². The molecule has 3 aromatic rings. The lowest BCUT2D eigenvalue weighted by molar-refractivity contribution is 0.0944. The number of hydrogen-bond acceptors (Lipinski definition) is 3. The number of aryl methyl sites for hydroxylation is 1. The van der Waals surface area contributed by atoms with Gasteiger partial charge in [-0.05, 0) is 49.1 Å². The molecule has 2 aromatic carbocycles. The van der Waals surface area contributed by atoms with Crippen LogP contribution < -0.4 is 10.6 Å². The molecular formula is C26H27N3O2. The van der Waals surface area contributed by atoms with E-state index in [2.05, 4.69) is 39.9 Å². The third kappa shape index (κ3) is 4.50. The second-order valence-electron chi connectivity index (χ2n) is 8.22. The third-order valence-corrected chi connectivity index (χ3v) is 6.23. The monoisotopic (exact) mass is 413 g/mol. The Morgan fingerprint density at radius 2 is 1.61 bits per heavy atom. The summed E-state index contributed by atoms with van der Waals surface area (Å²) in [6.45, 7) is 2.48. The molecule has 0 radical (unpaired) electrons. The Kier molecular flexibility index (Phi) is 6.12. The maximum Gasteiger partial charge on any atom is 0.255 e. The number of rotatable bonds is 6. The van der Waals surface area contributed by atoms with Crippen molar-refractivity contribution in [2.24, 2.45) is 0 Å². The highest BCUT2D eigenvalue weighted by atomic mass is 16.2. The van der Waals surface area contributed by atoms with Crippen LogP contribution in [0.25, 0.3) is 0 Å². The van der Waals surface area contributed by atoms with Gasteiger partial charge in [-0.1, -0.05) is 55.3 Å². The van der Waals surface area contributed by atoms with E-state index in [1.54, 1.807) is 30.6 Å². The lowest BCUT2D eigenvalue weighted by Crippen LogP contribution is -2.39. The average molecular weight is 414 g/mol. The van der Waals surface area contributed by atoms with Gasteiger partial charge in [-0.2, -0.15) is 0 Å². The zero-order chi connectivity index (χ0) is 21.7. The van der Waals surface area contributed by atoms with Crippen molar-refractivity contribution in [3.8, 4) is 0 Å². The Labute approximate surface area is 182 Å². The molecule has 2 amide bonds. The summed E-state index contributed by atoms with van der Waals surface area (Å²) < 4.78 is 0. The Hall–Kier alpha value is -3.47. The van der Waals surface area contributed by atoms with Crippen LogP contribution in [0.5, 0.6) is 0 Å². The first-order valence-corrected chi connectivity index (χ1v) is 10.7. The number of para-hydroxylation sites is 1. The number of benzene rings is 2. The van der Waals surface area contributed by atoms with Crippen LogP contribution >= 0.6 is 0 Å². The van der Waals surface area contributed by atoms with Crippen LogP contribution in [0.1, 0.15) is 57.5 Å². The minimum Gasteiger partial charge on any atom is -0.351 e. The van der Waals surface area contributed by atoms with Gasteiger partial charge in [-0.3, -0.25) is 14.6 Å². The molecule has 0 bridgehead atoms. The number of hydrogen-bond donors (Lipinski definition) is 2. The van der Waals surface area contributed by atoms with Gasteiger partial charge in [-0.15, -0.1) is 0 Å². The van der Waals surface area contributed by atoms with Crippen LogP contribution in [0.15, 0.2) is 73.1 Å². The summed E-state index contributed by atoms with van der Waals surface area (Å²) in [6.07, 6.45) is 7.62. The van der Waals surface area contributed by atoms with Gasteiger partial charge in [0, 0.05) is 29.9 Å². The number of carbonyl (C=O) groups excluding carboxylic acids is 2. The van der Waals surface area contributed by atoms with E-state index in [9.17, 15) is 9.59 Å². The molecule has 5 heteroatoms. The first kappa shape index (κ1) is 20.8. The van der Waals surface area contributed by atoms with Crippen LogP contribution in [0, 0.1) is 6.92 Å². The van der Waals surface area contributed by atoms with E-state index >= 15 is 0 Å². The summed E-state index contributed by atoms with van der Waals surface area (Å²) >= 11 is 0. The van der Waals surface area contributed by atoms with Gasteiger partial charge in [-0.25, -0.2) is 0 Å². The lowest BCUT2D eigenvalue weighted by atomic mass is 9.79. The molecule has 5 nitrogen and oxygen atoms in total. The molecule has 1 aliphatic carbocycles. The van der Waals surface area contributed by atoms with E-state index in [-0.39, 0.29) is 17.2 Å². The summed E-state index contributed by atoms with van der Waals surface area (Å²) in [4.78, 5) is 29.8. The third-order valence-electron chi connectivity index (χ3n) is 6.23. The first-order valence-electron chi connectivity index (χ1n) is 10.7. The van der Waals surface area contributed by atoms with Crippen molar-refractivity contribution in [2.45, 2.75) is 38.0 Å². The SMILES string of the molecule is Cc1cccc(C(=O)NCC2(c3ccccc3)CCCC2)c1NC(=O)c1ccncc1. The van der Waals surface area contributed by atoms with Crippen LogP contribution in [-0.2, 0) is 5.41 Å². The fourth-order valence-corrected chi connectivity index (χ4v) is 4.47. The van der Waals surface area contributed by atoms with E-state index in [0.29, 0.717) is 23.4 Å². The molecule has 4 rings (SSSR count). The highest BCUT2D eigenvalue weighted by molar-refractivity contribution is 6.09. The van der Waals surface area contributed by atoms with Crippen LogP contribution in [0.3, 0.4) is 0 Å². The largest absolute Gasteiger partial charge is 0.351 e. The number of aromatic nitrogens is 1. The highest BCUT2D eigenvalue weighted by Crippen LogP contribution is 2.40. The molecule has 2 N–H and O–H groups in total. The highest BCUT2D eigenvalue weighted by Gasteiger charge is 2.36. The van der Waals surface area contributed by atoms with Crippen molar-refractivity contribution in [3.63, 3.8) is 0 Å². The van der Waals surface area contributed by atoms with E-state index in [1.807, 2.05) is 25.1 Å². The second kappa shape index (κ2) is 9.13. The van der Waals surface area contributed by atoms with Gasteiger partial charge in [0.2, 0.25) is 0 Å². The number of carbonyl (C=O) groups is 2. The first-order chi connectivity index (χ1) is 15.1. The van der Waals surface area contributed by atoms with Crippen LogP contribution in [0.2, 0.25) is 0 Å². The molecule has 0 unspecified atom stereocenters. The van der Waals surface area contributed by atoms with Crippen molar-refractivity contribution in [1.29, 1.82) is 0 Å². The van der Waals surface area contributed by atoms with E-state index < -0.39 is 0 Å². The Bertz CT molecular complexity index is 1060. The van der Waals surface area contributed by atoms with Crippen LogP contribution in [-0.4, -0.2) is 23.3 Å². The molecule has 1 aliphatic rings. The van der Waals surface area contributed by atoms with Gasteiger partial charge in [0.05, 0.1) is 11.3 Å². The molecule has 1 saturated carbocycles. The van der Waals surface area contributed by atoms with Crippen molar-refractivity contribution < 1.29 is 9.59 Å². The molecule has 1 heterocycles. The molecule has 158 valence electrons. The predicted molar refractivity (Wildman–Crippen MR) is 122 cm³/mol. The van der Waals surface area contributed by atoms with Crippen molar-refractivity contribution >= 4 is 17.5 Å². The van der Waals surface area contributed by atoms with Gasteiger partial charge in [0.1, 0.15) is 0 Å². The van der Waals surface area contributed by atoms with Crippen LogP contribution in [0.4, 0.5) is 5.69 Å². The Morgan fingerprint density at radius 3 is 2.32 bits per heavy atom. The normalized spacial score (nSPS) is 14.7. The molecule has 0 saturated heterocycles. The lowest BCUT2D eigenvalue weighted by Gasteiger charge is -2.30. The fourth-order valence-electron chi connectivity index (χ4n) is 4.47. The zero-order valence-electron chi connectivity index (χ0n) is 17.7. The number of anilines is 1. The van der Waals surface area contributed by atoms with Crippen molar-refractivity contribution in [3.05, 3.63) is 95.3 Å². The summed E-state index contributed by atoms with van der Waals surface area (Å²) in [5.74, 6) is -0.432. The molecule has 31 heavy (non-hydrogen) atoms. The standard InChI is InChI=1S/C26H27N3O2/c1-19-8-7-11-22(23(19)29-24(30)20-12-16-27-17-13-20)25(31)28-18-26(14-5-6-15-26)21-9-3-2-4-10-21/h2-4,7-13,16-17H,5-6,14-15,18H2,1H3,(H,28,31)(H,29,30). The van der Waals surface area contributed by atoms with Gasteiger partial charge >= 0.3 is 0 Å².